The molecule has 14 heavy (non-hydrogen) atoms. The molecule has 0 heterocycles. The molecule has 0 aliphatic heterocycles. The monoisotopic (exact) mass is 204 g/mol. The van der Waals surface area contributed by atoms with E-state index in [1.54, 1.807) is 30.3 Å². The van der Waals surface area contributed by atoms with Gasteiger partial charge in [0.25, 0.3) is 0 Å². The van der Waals surface area contributed by atoms with Crippen molar-refractivity contribution in [3.05, 3.63) is 35.9 Å². The molecule has 0 bridgehead atoms. The number of hydrogen-bond acceptors (Lipinski definition) is 1. The van der Waals surface area contributed by atoms with Crippen LogP contribution >= 0.6 is 0 Å². The van der Waals surface area contributed by atoms with E-state index in [2.05, 4.69) is 0 Å². The lowest BCUT2D eigenvalue weighted by atomic mass is 10.1. The van der Waals surface area contributed by atoms with E-state index in [0.29, 0.717) is 0 Å². The number of benzene rings is 1. The molecule has 4 heteroatoms. The lowest BCUT2D eigenvalue weighted by Gasteiger charge is -2.13. The largest absolute Gasteiger partial charge is 0.414 e. The standard InChI is InChI=1S/C10H11F3O/c11-10(12,13)9(14)7-6-8-4-2-1-3-5-8/h1-5,9,14H,6-7H2/t9-/m0/s1. The third kappa shape index (κ3) is 3.38. The summed E-state index contributed by atoms with van der Waals surface area (Å²) in [6, 6.07) is 8.79. The third-order valence-corrected chi connectivity index (χ3v) is 1.93. The van der Waals surface area contributed by atoms with Gasteiger partial charge in [-0.3, -0.25) is 0 Å². The highest BCUT2D eigenvalue weighted by atomic mass is 19.4. The predicted molar refractivity (Wildman–Crippen MR) is 46.8 cm³/mol. The van der Waals surface area contributed by atoms with Crippen LogP contribution in [0.2, 0.25) is 0 Å². The van der Waals surface area contributed by atoms with Crippen molar-refractivity contribution in [3.8, 4) is 0 Å². The summed E-state index contributed by atoms with van der Waals surface area (Å²) in [6.07, 6.45) is -6.77. The molecule has 0 saturated heterocycles. The normalized spacial score (nSPS) is 14.0. The van der Waals surface area contributed by atoms with Crippen LogP contribution < -0.4 is 0 Å². The van der Waals surface area contributed by atoms with Gasteiger partial charge in [0.05, 0.1) is 0 Å². The first-order chi connectivity index (χ1) is 6.50. The molecule has 0 saturated carbocycles. The zero-order valence-corrected chi connectivity index (χ0v) is 7.46. The summed E-state index contributed by atoms with van der Waals surface area (Å²) >= 11 is 0. The summed E-state index contributed by atoms with van der Waals surface area (Å²) in [5.74, 6) is 0. The topological polar surface area (TPSA) is 20.2 Å². The Morgan fingerprint density at radius 2 is 1.71 bits per heavy atom. The minimum absolute atomic E-state index is 0.238. The Morgan fingerprint density at radius 1 is 1.14 bits per heavy atom. The molecule has 1 atom stereocenters. The van der Waals surface area contributed by atoms with Crippen molar-refractivity contribution >= 4 is 0 Å². The Bertz CT molecular complexity index is 268. The Morgan fingerprint density at radius 3 is 2.21 bits per heavy atom. The van der Waals surface area contributed by atoms with Gasteiger partial charge in [-0.05, 0) is 18.4 Å². The zero-order valence-electron chi connectivity index (χ0n) is 7.46. The second kappa shape index (κ2) is 4.46. The van der Waals surface area contributed by atoms with Crippen LogP contribution in [0.3, 0.4) is 0 Å². The fourth-order valence-corrected chi connectivity index (χ4v) is 1.11. The number of rotatable bonds is 3. The molecule has 1 nitrogen and oxygen atoms in total. The van der Waals surface area contributed by atoms with Gasteiger partial charge >= 0.3 is 6.18 Å². The highest BCUT2D eigenvalue weighted by molar-refractivity contribution is 5.14. The van der Waals surface area contributed by atoms with Crippen molar-refractivity contribution in [1.29, 1.82) is 0 Å². The van der Waals surface area contributed by atoms with E-state index < -0.39 is 12.3 Å². The number of hydrogen-bond donors (Lipinski definition) is 1. The Hall–Kier alpha value is -1.03. The second-order valence-electron chi connectivity index (χ2n) is 3.08. The Kier molecular flexibility index (Phi) is 3.52. The minimum atomic E-state index is -4.51. The number of aliphatic hydroxyl groups excluding tert-OH is 1. The van der Waals surface area contributed by atoms with Gasteiger partial charge in [0.2, 0.25) is 0 Å². The summed E-state index contributed by atoms with van der Waals surface area (Å²) in [4.78, 5) is 0. The molecule has 0 radical (unpaired) electrons. The van der Waals surface area contributed by atoms with Gasteiger partial charge < -0.3 is 5.11 Å². The first-order valence-corrected chi connectivity index (χ1v) is 4.29. The van der Waals surface area contributed by atoms with Crippen LogP contribution in [0.15, 0.2) is 30.3 Å². The summed E-state index contributed by atoms with van der Waals surface area (Å²) < 4.78 is 35.7. The molecule has 0 unspecified atom stereocenters. The maximum atomic E-state index is 11.9. The van der Waals surface area contributed by atoms with Gasteiger partial charge in [-0.15, -0.1) is 0 Å². The van der Waals surface area contributed by atoms with Crippen LogP contribution in [-0.2, 0) is 6.42 Å². The molecule has 0 aliphatic carbocycles. The van der Waals surface area contributed by atoms with E-state index in [4.69, 9.17) is 5.11 Å². The van der Waals surface area contributed by atoms with Gasteiger partial charge in [0, 0.05) is 0 Å². The predicted octanol–water partition coefficient (Wildman–Crippen LogP) is 2.54. The van der Waals surface area contributed by atoms with Crippen LogP contribution in [-0.4, -0.2) is 17.4 Å². The van der Waals surface area contributed by atoms with Gasteiger partial charge in [-0.2, -0.15) is 13.2 Å². The van der Waals surface area contributed by atoms with Gasteiger partial charge in [-0.25, -0.2) is 0 Å². The average Bonchev–Trinajstić information content (AvgIpc) is 2.14. The quantitative estimate of drug-likeness (QED) is 0.802. The maximum absolute atomic E-state index is 11.9. The molecular formula is C10H11F3O. The molecule has 0 aliphatic rings. The van der Waals surface area contributed by atoms with Crippen LogP contribution in [0.25, 0.3) is 0 Å². The lowest BCUT2D eigenvalue weighted by molar-refractivity contribution is -0.205. The van der Waals surface area contributed by atoms with Gasteiger partial charge in [0.15, 0.2) is 0 Å². The van der Waals surface area contributed by atoms with E-state index in [-0.39, 0.29) is 12.8 Å². The molecule has 0 fully saturated rings. The van der Waals surface area contributed by atoms with E-state index >= 15 is 0 Å². The summed E-state index contributed by atoms with van der Waals surface area (Å²) in [5.41, 5.74) is 0.802. The molecule has 0 amide bonds. The summed E-state index contributed by atoms with van der Waals surface area (Å²) in [7, 11) is 0. The molecule has 1 rings (SSSR count). The van der Waals surface area contributed by atoms with Crippen molar-refractivity contribution in [2.45, 2.75) is 25.1 Å². The molecule has 0 aromatic heterocycles. The highest BCUT2D eigenvalue weighted by Gasteiger charge is 2.37. The first-order valence-electron chi connectivity index (χ1n) is 4.29. The van der Waals surface area contributed by atoms with Crippen LogP contribution in [0.4, 0.5) is 13.2 Å². The molecule has 78 valence electrons. The molecule has 1 N–H and O–H groups in total. The number of halogens is 3. The zero-order chi connectivity index (χ0) is 10.6. The van der Waals surface area contributed by atoms with Gasteiger partial charge in [0.1, 0.15) is 6.10 Å². The van der Waals surface area contributed by atoms with E-state index in [1.807, 2.05) is 0 Å². The molecule has 0 spiro atoms. The summed E-state index contributed by atoms with van der Waals surface area (Å²) in [6.45, 7) is 0. The van der Waals surface area contributed by atoms with E-state index in [9.17, 15) is 13.2 Å². The SMILES string of the molecule is O[C@@H](CCc1ccccc1)C(F)(F)F. The van der Waals surface area contributed by atoms with Crippen LogP contribution in [0.5, 0.6) is 0 Å². The molecule has 1 aromatic rings. The van der Waals surface area contributed by atoms with E-state index in [1.165, 1.54) is 0 Å². The minimum Gasteiger partial charge on any atom is -0.384 e. The summed E-state index contributed by atoms with van der Waals surface area (Å²) in [5, 5.41) is 8.72. The number of aliphatic hydroxyl groups is 1. The van der Waals surface area contributed by atoms with Crippen molar-refractivity contribution in [2.24, 2.45) is 0 Å². The molecule has 1 aromatic carbocycles. The molecular weight excluding hydrogens is 193 g/mol. The highest BCUT2D eigenvalue weighted by Crippen LogP contribution is 2.23. The third-order valence-electron chi connectivity index (χ3n) is 1.93. The van der Waals surface area contributed by atoms with Crippen molar-refractivity contribution in [2.75, 3.05) is 0 Å². The smallest absolute Gasteiger partial charge is 0.384 e. The van der Waals surface area contributed by atoms with Gasteiger partial charge in [-0.1, -0.05) is 30.3 Å². The second-order valence-corrected chi connectivity index (χ2v) is 3.08. The Labute approximate surface area is 80.2 Å². The first kappa shape index (κ1) is 11.0. The number of alkyl halides is 3. The van der Waals surface area contributed by atoms with Crippen LogP contribution in [0, 0.1) is 0 Å². The maximum Gasteiger partial charge on any atom is 0.414 e. The Balaban J connectivity index is 2.42. The van der Waals surface area contributed by atoms with Crippen LogP contribution in [0.1, 0.15) is 12.0 Å². The van der Waals surface area contributed by atoms with E-state index in [0.717, 1.165) is 5.56 Å². The average molecular weight is 204 g/mol. The fraction of sp³-hybridized carbons (Fsp3) is 0.400. The van der Waals surface area contributed by atoms with Crippen molar-refractivity contribution < 1.29 is 18.3 Å². The van der Waals surface area contributed by atoms with Crippen molar-refractivity contribution in [3.63, 3.8) is 0 Å². The fourth-order valence-electron chi connectivity index (χ4n) is 1.11. The number of aryl methyl sites for hydroxylation is 1. The van der Waals surface area contributed by atoms with Crippen molar-refractivity contribution in [1.82, 2.24) is 0 Å². The lowest BCUT2D eigenvalue weighted by Crippen LogP contribution is -2.28.